The maximum absolute atomic E-state index is 12.6. The van der Waals surface area contributed by atoms with Crippen molar-refractivity contribution in [1.29, 1.82) is 0 Å². The zero-order valence-corrected chi connectivity index (χ0v) is 27.6. The van der Waals surface area contributed by atoms with Crippen molar-refractivity contribution in [2.75, 3.05) is 32.8 Å². The number of carbonyl (C=O) groups excluding carboxylic acids is 4. The fourth-order valence-corrected chi connectivity index (χ4v) is 3.88. The van der Waals surface area contributed by atoms with E-state index < -0.39 is 28.7 Å². The minimum atomic E-state index is -0.677. The Balaban J connectivity index is 1.64. The Morgan fingerprint density at radius 2 is 1.44 bits per heavy atom. The van der Waals surface area contributed by atoms with Crippen LogP contribution in [-0.2, 0) is 30.4 Å². The van der Waals surface area contributed by atoms with E-state index in [0.29, 0.717) is 37.3 Å². The van der Waals surface area contributed by atoms with Crippen molar-refractivity contribution in [1.82, 2.24) is 16.0 Å². The quantitative estimate of drug-likeness (QED) is 0.168. The van der Waals surface area contributed by atoms with Crippen LogP contribution in [-0.4, -0.2) is 67.9 Å². The maximum atomic E-state index is 12.6. The van der Waals surface area contributed by atoms with Gasteiger partial charge < -0.3 is 34.9 Å². The lowest BCUT2D eigenvalue weighted by atomic mass is 9.88. The van der Waals surface area contributed by atoms with Crippen LogP contribution in [0.15, 0.2) is 54.6 Å². The van der Waals surface area contributed by atoms with Crippen molar-refractivity contribution < 1.29 is 38.1 Å². The number of nitrogens with one attached hydrogen (secondary N) is 3. The van der Waals surface area contributed by atoms with Crippen molar-refractivity contribution in [3.63, 3.8) is 0 Å². The standard InChI is InChI=1S/C34H49N3O8/c1-32(2,3)45-31(41)37-20-19-36-30(40)33(4,5)17-21-44-34(6,7)16-18-35-28(38)24-42-27-15-11-14-26(22-27)29(39)43-23-25-12-9-8-10-13-25/h8-15,22H,16-21,23-24H2,1-7H3,(H,35,38)(H,36,40)(H,37,41). The number of hydrogen-bond acceptors (Lipinski definition) is 8. The largest absolute Gasteiger partial charge is 0.484 e. The first-order valence-electron chi connectivity index (χ1n) is 15.2. The number of ether oxygens (including phenoxy) is 4. The van der Waals surface area contributed by atoms with Crippen LogP contribution in [0, 0.1) is 5.41 Å². The lowest BCUT2D eigenvalue weighted by molar-refractivity contribution is -0.131. The molecule has 0 aliphatic carbocycles. The Kier molecular flexibility index (Phi) is 14.3. The highest BCUT2D eigenvalue weighted by Crippen LogP contribution is 2.23. The lowest BCUT2D eigenvalue weighted by Gasteiger charge is -2.29. The van der Waals surface area contributed by atoms with E-state index in [0.717, 1.165) is 5.56 Å². The number of carbonyl (C=O) groups is 4. The second-order valence-corrected chi connectivity index (χ2v) is 12.9. The van der Waals surface area contributed by atoms with Gasteiger partial charge in [-0.2, -0.15) is 0 Å². The molecule has 0 aliphatic heterocycles. The van der Waals surface area contributed by atoms with Crippen LogP contribution in [0.3, 0.4) is 0 Å². The average Bonchev–Trinajstić information content (AvgIpc) is 2.96. The molecule has 0 fully saturated rings. The van der Waals surface area contributed by atoms with Crippen molar-refractivity contribution in [2.24, 2.45) is 5.41 Å². The van der Waals surface area contributed by atoms with E-state index in [-0.39, 0.29) is 38.1 Å². The number of amides is 3. The van der Waals surface area contributed by atoms with Gasteiger partial charge in [0, 0.05) is 31.7 Å². The smallest absolute Gasteiger partial charge is 0.407 e. The van der Waals surface area contributed by atoms with Crippen molar-refractivity contribution in [2.45, 2.75) is 79.1 Å². The van der Waals surface area contributed by atoms with Crippen LogP contribution in [0.5, 0.6) is 5.75 Å². The molecule has 0 saturated carbocycles. The van der Waals surface area contributed by atoms with Gasteiger partial charge in [-0.25, -0.2) is 9.59 Å². The van der Waals surface area contributed by atoms with Crippen LogP contribution in [0.1, 0.15) is 77.2 Å². The third-order valence-electron chi connectivity index (χ3n) is 6.61. The second-order valence-electron chi connectivity index (χ2n) is 12.9. The average molecular weight is 628 g/mol. The molecule has 11 heteroatoms. The fraction of sp³-hybridized carbons (Fsp3) is 0.529. The summed E-state index contributed by atoms with van der Waals surface area (Å²) >= 11 is 0. The van der Waals surface area contributed by atoms with Gasteiger partial charge in [-0.1, -0.05) is 50.2 Å². The van der Waals surface area contributed by atoms with Gasteiger partial charge in [0.25, 0.3) is 5.91 Å². The second kappa shape index (κ2) is 17.4. The summed E-state index contributed by atoms with van der Waals surface area (Å²) in [4.78, 5) is 49.1. The van der Waals surface area contributed by atoms with Crippen LogP contribution in [0.4, 0.5) is 4.79 Å². The Morgan fingerprint density at radius 1 is 0.756 bits per heavy atom. The van der Waals surface area contributed by atoms with Crippen molar-refractivity contribution >= 4 is 23.9 Å². The number of alkyl carbamates (subject to hydrolysis) is 1. The summed E-state index contributed by atoms with van der Waals surface area (Å²) < 4.78 is 22.1. The molecule has 45 heavy (non-hydrogen) atoms. The first kappa shape index (κ1) is 37.1. The Bertz CT molecular complexity index is 1260. The molecule has 0 atom stereocenters. The van der Waals surface area contributed by atoms with Crippen LogP contribution >= 0.6 is 0 Å². The summed E-state index contributed by atoms with van der Waals surface area (Å²) in [6.07, 6.45) is 0.504. The molecular formula is C34H49N3O8. The number of esters is 1. The molecule has 0 aliphatic rings. The summed E-state index contributed by atoms with van der Waals surface area (Å²) in [5.41, 5.74) is -0.577. The molecule has 2 rings (SSSR count). The van der Waals surface area contributed by atoms with Gasteiger partial charge >= 0.3 is 12.1 Å². The highest BCUT2D eigenvalue weighted by atomic mass is 16.6. The summed E-state index contributed by atoms with van der Waals surface area (Å²) in [7, 11) is 0. The number of hydrogen-bond donors (Lipinski definition) is 3. The normalized spacial score (nSPS) is 11.7. The van der Waals surface area contributed by atoms with Gasteiger partial charge in [0.2, 0.25) is 5.91 Å². The first-order valence-corrected chi connectivity index (χ1v) is 15.2. The van der Waals surface area contributed by atoms with Crippen molar-refractivity contribution in [3.8, 4) is 5.75 Å². The molecule has 0 spiro atoms. The Labute approximate surface area is 266 Å². The van der Waals surface area contributed by atoms with Crippen LogP contribution in [0.2, 0.25) is 0 Å². The zero-order chi connectivity index (χ0) is 33.5. The first-order chi connectivity index (χ1) is 21.1. The third kappa shape index (κ3) is 15.4. The zero-order valence-electron chi connectivity index (χ0n) is 27.6. The molecular weight excluding hydrogens is 578 g/mol. The summed E-state index contributed by atoms with van der Waals surface area (Å²) in [5.74, 6) is -0.542. The van der Waals surface area contributed by atoms with Crippen molar-refractivity contribution in [3.05, 3.63) is 65.7 Å². The molecule has 0 heterocycles. The highest BCUT2D eigenvalue weighted by Gasteiger charge is 2.28. The SMILES string of the molecule is CC(C)(C)OC(=O)NCCNC(=O)C(C)(C)CCOC(C)(C)CCNC(=O)COc1cccc(C(=O)OCc2ccccc2)c1. The molecule has 11 nitrogen and oxygen atoms in total. The van der Waals surface area contributed by atoms with E-state index in [2.05, 4.69) is 16.0 Å². The molecule has 248 valence electrons. The van der Waals surface area contributed by atoms with Gasteiger partial charge in [0.05, 0.1) is 11.2 Å². The predicted octanol–water partition coefficient (Wildman–Crippen LogP) is 4.78. The number of benzene rings is 2. The topological polar surface area (TPSA) is 141 Å². The monoisotopic (exact) mass is 627 g/mol. The Morgan fingerprint density at radius 3 is 2.13 bits per heavy atom. The molecule has 3 amide bonds. The minimum absolute atomic E-state index is 0.142. The van der Waals surface area contributed by atoms with Gasteiger partial charge in [0.1, 0.15) is 18.0 Å². The van der Waals surface area contributed by atoms with E-state index >= 15 is 0 Å². The van der Waals surface area contributed by atoms with Gasteiger partial charge in [0.15, 0.2) is 6.61 Å². The highest BCUT2D eigenvalue weighted by molar-refractivity contribution is 5.89. The maximum Gasteiger partial charge on any atom is 0.407 e. The molecule has 0 radical (unpaired) electrons. The number of rotatable bonds is 17. The van der Waals surface area contributed by atoms with E-state index in [9.17, 15) is 19.2 Å². The van der Waals surface area contributed by atoms with Crippen LogP contribution in [0.25, 0.3) is 0 Å². The van der Waals surface area contributed by atoms with Gasteiger partial charge in [-0.15, -0.1) is 0 Å². The molecule has 0 unspecified atom stereocenters. The Hall–Kier alpha value is -4.12. The molecule has 0 bridgehead atoms. The molecule has 2 aromatic carbocycles. The van der Waals surface area contributed by atoms with Gasteiger partial charge in [-0.3, -0.25) is 9.59 Å². The van der Waals surface area contributed by atoms with Crippen LogP contribution < -0.4 is 20.7 Å². The van der Waals surface area contributed by atoms with E-state index in [1.807, 2.05) is 58.0 Å². The fourth-order valence-electron chi connectivity index (χ4n) is 3.88. The van der Waals surface area contributed by atoms with E-state index in [1.54, 1.807) is 45.0 Å². The summed E-state index contributed by atoms with van der Waals surface area (Å²) in [6.45, 7) is 14.1. The molecule has 2 aromatic rings. The summed E-state index contributed by atoms with van der Waals surface area (Å²) in [5, 5.41) is 8.27. The minimum Gasteiger partial charge on any atom is -0.484 e. The summed E-state index contributed by atoms with van der Waals surface area (Å²) in [6, 6.07) is 15.9. The van der Waals surface area contributed by atoms with E-state index in [1.165, 1.54) is 0 Å². The molecule has 0 aromatic heterocycles. The lowest BCUT2D eigenvalue weighted by Crippen LogP contribution is -2.43. The predicted molar refractivity (Wildman–Crippen MR) is 171 cm³/mol. The third-order valence-corrected chi connectivity index (χ3v) is 6.61. The molecule has 0 saturated heterocycles. The molecule has 3 N–H and O–H groups in total. The van der Waals surface area contributed by atoms with E-state index in [4.69, 9.17) is 18.9 Å². The van der Waals surface area contributed by atoms with Gasteiger partial charge in [-0.05, 0) is 71.2 Å².